The van der Waals surface area contributed by atoms with Crippen LogP contribution in [0.25, 0.3) is 10.8 Å². The summed E-state index contributed by atoms with van der Waals surface area (Å²) in [4.78, 5) is 26.3. The molecule has 35 heavy (non-hydrogen) atoms. The first kappa shape index (κ1) is 22.8. The summed E-state index contributed by atoms with van der Waals surface area (Å²) < 4.78 is 20.2. The molecule has 0 aliphatic carbocycles. The average Bonchev–Trinajstić information content (AvgIpc) is 3.51. The molecule has 0 unspecified atom stereocenters. The van der Waals surface area contributed by atoms with Crippen molar-refractivity contribution in [2.75, 3.05) is 13.7 Å². The van der Waals surface area contributed by atoms with Gasteiger partial charge in [0.2, 0.25) is 0 Å². The summed E-state index contributed by atoms with van der Waals surface area (Å²) in [6.07, 6.45) is 2.13. The summed E-state index contributed by atoms with van der Waals surface area (Å²) in [6.45, 7) is 1.54. The highest BCUT2D eigenvalue weighted by atomic mass is 16.5. The Hall–Kier alpha value is -3.96. The maximum atomic E-state index is 12.3. The zero-order valence-electron chi connectivity index (χ0n) is 19.2. The third kappa shape index (κ3) is 4.43. The fourth-order valence-corrected chi connectivity index (χ4v) is 4.33. The van der Waals surface area contributed by atoms with Gasteiger partial charge in [-0.25, -0.2) is 9.48 Å². The van der Waals surface area contributed by atoms with Gasteiger partial charge < -0.3 is 19.3 Å². The van der Waals surface area contributed by atoms with Crippen molar-refractivity contribution in [1.29, 1.82) is 0 Å². The summed E-state index contributed by atoms with van der Waals surface area (Å²) in [5.74, 6) is 1.47. The quantitative estimate of drug-likeness (QED) is 0.409. The number of aryl methyl sites for hydroxylation is 1. The smallest absolute Gasteiger partial charge is 0.330 e. The Bertz CT molecular complexity index is 1480. The Balaban J connectivity index is 1.34. The number of nitrogens with zero attached hydrogens (tertiary/aromatic N) is 4. The molecule has 1 aliphatic heterocycles. The predicted molar refractivity (Wildman–Crippen MR) is 126 cm³/mol. The molecule has 5 rings (SSSR count). The van der Waals surface area contributed by atoms with Crippen molar-refractivity contribution in [2.24, 2.45) is 0 Å². The second-order valence-electron chi connectivity index (χ2n) is 8.43. The Kier molecular flexibility index (Phi) is 6.10. The first-order chi connectivity index (χ1) is 17.0. The van der Waals surface area contributed by atoms with Crippen LogP contribution in [-0.2, 0) is 11.3 Å². The van der Waals surface area contributed by atoms with E-state index in [-0.39, 0.29) is 19.3 Å². The molecule has 3 heterocycles. The lowest BCUT2D eigenvalue weighted by Crippen LogP contribution is -2.33. The van der Waals surface area contributed by atoms with Gasteiger partial charge in [0.25, 0.3) is 5.56 Å². The molecule has 0 radical (unpaired) electrons. The lowest BCUT2D eigenvalue weighted by molar-refractivity contribution is -0.0326. The second kappa shape index (κ2) is 9.35. The van der Waals surface area contributed by atoms with Crippen LogP contribution in [-0.4, -0.2) is 49.5 Å². The van der Waals surface area contributed by atoms with E-state index in [0.29, 0.717) is 23.4 Å². The zero-order valence-corrected chi connectivity index (χ0v) is 19.2. The number of H-pyrrole nitrogens is 1. The monoisotopic (exact) mass is 479 g/mol. The molecule has 11 heteroatoms. The molecule has 182 valence electrons. The summed E-state index contributed by atoms with van der Waals surface area (Å²) in [7, 11) is 1.63. The van der Waals surface area contributed by atoms with Gasteiger partial charge in [0, 0.05) is 18.2 Å². The number of ether oxygens (including phenoxy) is 3. The first-order valence-electron chi connectivity index (χ1n) is 11.1. The van der Waals surface area contributed by atoms with Crippen molar-refractivity contribution in [2.45, 2.75) is 38.3 Å². The molecule has 0 bridgehead atoms. The third-order valence-electron chi connectivity index (χ3n) is 6.21. The van der Waals surface area contributed by atoms with Gasteiger partial charge in [-0.05, 0) is 42.0 Å². The van der Waals surface area contributed by atoms with Crippen LogP contribution in [0.4, 0.5) is 0 Å². The Morgan fingerprint density at radius 1 is 1.17 bits per heavy atom. The van der Waals surface area contributed by atoms with Crippen LogP contribution in [0.5, 0.6) is 11.5 Å². The normalized spacial score (nSPS) is 19.8. The van der Waals surface area contributed by atoms with Gasteiger partial charge in [-0.3, -0.25) is 14.3 Å². The summed E-state index contributed by atoms with van der Waals surface area (Å²) in [5.41, 5.74) is 0.0699. The number of fused-ring (bicyclic) bond motifs is 1. The molecule has 11 nitrogen and oxygen atoms in total. The van der Waals surface area contributed by atoms with Gasteiger partial charge in [-0.1, -0.05) is 17.3 Å². The molecule has 2 aromatic carbocycles. The minimum absolute atomic E-state index is 0.200. The molecule has 0 amide bonds. The predicted octanol–water partition coefficient (Wildman–Crippen LogP) is 1.70. The number of nitrogens with one attached hydrogen (secondary N) is 1. The minimum atomic E-state index is -0.671. The standard InChI is InChI=1S/C24H25N5O6/c1-14-11-28(24(32)26-23(14)31)22-9-20(21(12-30)35-22)29-17(10-25-27-29)13-34-19-6-4-15-7-18(33-2)5-3-16(15)8-19/h3-8,10-11,20-22,30H,9,12-13H2,1-2H3,(H,26,31,32)/t20-,21+,22+/m0/s1. The van der Waals surface area contributed by atoms with Crippen LogP contribution in [0, 0.1) is 6.92 Å². The van der Waals surface area contributed by atoms with Crippen molar-refractivity contribution in [1.82, 2.24) is 24.5 Å². The van der Waals surface area contributed by atoms with Crippen LogP contribution in [0.1, 0.15) is 29.9 Å². The molecular formula is C24H25N5O6. The van der Waals surface area contributed by atoms with E-state index in [9.17, 15) is 14.7 Å². The van der Waals surface area contributed by atoms with Gasteiger partial charge in [-0.15, -0.1) is 5.10 Å². The van der Waals surface area contributed by atoms with Gasteiger partial charge >= 0.3 is 5.69 Å². The lowest BCUT2D eigenvalue weighted by atomic mass is 10.1. The van der Waals surface area contributed by atoms with E-state index in [4.69, 9.17) is 14.2 Å². The fourth-order valence-electron chi connectivity index (χ4n) is 4.33. The van der Waals surface area contributed by atoms with Crippen LogP contribution in [0.3, 0.4) is 0 Å². The Morgan fingerprint density at radius 3 is 2.66 bits per heavy atom. The highest BCUT2D eigenvalue weighted by Gasteiger charge is 2.39. The highest BCUT2D eigenvalue weighted by molar-refractivity contribution is 5.85. The second-order valence-corrected chi connectivity index (χ2v) is 8.43. The number of aromatic nitrogens is 5. The molecule has 2 N–H and O–H groups in total. The van der Waals surface area contributed by atoms with Gasteiger partial charge in [0.05, 0.1) is 31.6 Å². The SMILES string of the molecule is COc1ccc2cc(OCc3cnnn3[C@H]3C[C@H](n4cc(C)c(=O)[nH]c4=O)O[C@@H]3CO)ccc2c1. The number of aliphatic hydroxyl groups is 1. The summed E-state index contributed by atoms with van der Waals surface area (Å²) >= 11 is 0. The number of methoxy groups -OCH3 is 1. The molecule has 2 aromatic heterocycles. The number of rotatable bonds is 7. The Morgan fingerprint density at radius 2 is 1.91 bits per heavy atom. The highest BCUT2D eigenvalue weighted by Crippen LogP contribution is 2.36. The van der Waals surface area contributed by atoms with E-state index in [0.717, 1.165) is 16.5 Å². The van der Waals surface area contributed by atoms with Crippen molar-refractivity contribution >= 4 is 10.8 Å². The molecule has 1 fully saturated rings. The van der Waals surface area contributed by atoms with Gasteiger partial charge in [-0.2, -0.15) is 0 Å². The van der Waals surface area contributed by atoms with E-state index in [1.54, 1.807) is 24.9 Å². The lowest BCUT2D eigenvalue weighted by Gasteiger charge is -2.18. The molecule has 3 atom stereocenters. The minimum Gasteiger partial charge on any atom is -0.497 e. The van der Waals surface area contributed by atoms with Crippen LogP contribution >= 0.6 is 0 Å². The molecule has 4 aromatic rings. The summed E-state index contributed by atoms with van der Waals surface area (Å²) in [6, 6.07) is 11.2. The van der Waals surface area contributed by atoms with Crippen molar-refractivity contribution in [3.05, 3.63) is 80.9 Å². The number of aliphatic hydroxyl groups excluding tert-OH is 1. The molecule has 1 saturated heterocycles. The number of benzene rings is 2. The van der Waals surface area contributed by atoms with E-state index in [1.807, 2.05) is 36.4 Å². The van der Waals surface area contributed by atoms with E-state index >= 15 is 0 Å². The van der Waals surface area contributed by atoms with Crippen LogP contribution in [0.2, 0.25) is 0 Å². The van der Waals surface area contributed by atoms with Gasteiger partial charge in [0.15, 0.2) is 0 Å². The van der Waals surface area contributed by atoms with Crippen molar-refractivity contribution in [3.8, 4) is 11.5 Å². The van der Waals surface area contributed by atoms with Crippen LogP contribution in [0.15, 0.2) is 58.4 Å². The van der Waals surface area contributed by atoms with Crippen molar-refractivity contribution in [3.63, 3.8) is 0 Å². The van der Waals surface area contributed by atoms with Crippen LogP contribution < -0.4 is 20.7 Å². The molecule has 0 spiro atoms. The zero-order chi connectivity index (χ0) is 24.5. The maximum absolute atomic E-state index is 12.3. The molecule has 0 saturated carbocycles. The summed E-state index contributed by atoms with van der Waals surface area (Å²) in [5, 5.41) is 20.2. The largest absolute Gasteiger partial charge is 0.497 e. The number of hydrogen-bond acceptors (Lipinski definition) is 8. The van der Waals surface area contributed by atoms with Gasteiger partial charge in [0.1, 0.15) is 30.4 Å². The van der Waals surface area contributed by atoms with E-state index < -0.39 is 23.6 Å². The Labute approximate surface area is 199 Å². The van der Waals surface area contributed by atoms with E-state index in [1.165, 1.54) is 10.8 Å². The maximum Gasteiger partial charge on any atom is 0.330 e. The third-order valence-corrected chi connectivity index (χ3v) is 6.21. The fraction of sp³-hybridized carbons (Fsp3) is 0.333. The topological polar surface area (TPSA) is 133 Å². The molecule has 1 aliphatic rings. The number of hydrogen-bond donors (Lipinski definition) is 2. The number of aromatic amines is 1. The van der Waals surface area contributed by atoms with Crippen molar-refractivity contribution < 1.29 is 19.3 Å². The van der Waals surface area contributed by atoms with E-state index in [2.05, 4.69) is 15.3 Å². The first-order valence-corrected chi connectivity index (χ1v) is 11.1. The average molecular weight is 479 g/mol. The molecular weight excluding hydrogens is 454 g/mol.